The number of halogens is 3. The highest BCUT2D eigenvalue weighted by molar-refractivity contribution is 7.80. The van der Waals surface area contributed by atoms with Crippen molar-refractivity contribution in [2.45, 2.75) is 6.18 Å². The lowest BCUT2D eigenvalue weighted by atomic mass is 9.98. The van der Waals surface area contributed by atoms with Crippen LogP contribution in [0, 0.1) is 0 Å². The second-order valence-electron chi connectivity index (χ2n) is 5.14. The largest absolute Gasteiger partial charge is 0.486 e. The van der Waals surface area contributed by atoms with Gasteiger partial charge in [0.1, 0.15) is 0 Å². The van der Waals surface area contributed by atoms with E-state index in [1.165, 1.54) is 13.3 Å². The lowest BCUT2D eigenvalue weighted by Crippen LogP contribution is -2.11. The minimum atomic E-state index is -4.56. The molecule has 0 saturated carbocycles. The van der Waals surface area contributed by atoms with Crippen LogP contribution in [0.4, 0.5) is 13.2 Å². The SMILES string of the molecule is COC(=S)c1cnc(-c2cccc3ccccc23)c(C(F)(F)F)c1. The summed E-state index contributed by atoms with van der Waals surface area (Å²) in [4.78, 5) is 4.05. The Bertz CT molecular complexity index is 916. The fourth-order valence-electron chi connectivity index (χ4n) is 2.56. The smallest absolute Gasteiger partial charge is 0.418 e. The van der Waals surface area contributed by atoms with Gasteiger partial charge >= 0.3 is 6.18 Å². The van der Waals surface area contributed by atoms with Crippen molar-refractivity contribution in [2.75, 3.05) is 7.11 Å². The van der Waals surface area contributed by atoms with Crippen molar-refractivity contribution in [1.29, 1.82) is 0 Å². The number of aromatic nitrogens is 1. The summed E-state index contributed by atoms with van der Waals surface area (Å²) < 4.78 is 45.5. The van der Waals surface area contributed by atoms with Crippen molar-refractivity contribution in [3.05, 3.63) is 65.9 Å². The van der Waals surface area contributed by atoms with Crippen LogP contribution in [0.3, 0.4) is 0 Å². The van der Waals surface area contributed by atoms with Gasteiger partial charge in [0.2, 0.25) is 0 Å². The van der Waals surface area contributed by atoms with E-state index < -0.39 is 11.7 Å². The summed E-state index contributed by atoms with van der Waals surface area (Å²) in [7, 11) is 1.31. The number of thiocarbonyl (C=S) groups is 1. The Morgan fingerprint density at radius 3 is 2.50 bits per heavy atom. The monoisotopic (exact) mass is 347 g/mol. The Morgan fingerprint density at radius 1 is 1.08 bits per heavy atom. The second-order valence-corrected chi connectivity index (χ2v) is 5.51. The highest BCUT2D eigenvalue weighted by Gasteiger charge is 2.35. The first-order valence-corrected chi connectivity index (χ1v) is 7.46. The molecule has 0 aliphatic carbocycles. The highest BCUT2D eigenvalue weighted by Crippen LogP contribution is 2.38. The third-order valence-electron chi connectivity index (χ3n) is 3.66. The molecule has 6 heteroatoms. The molecule has 2 aromatic carbocycles. The fourth-order valence-corrected chi connectivity index (χ4v) is 2.67. The second kappa shape index (κ2) is 6.20. The lowest BCUT2D eigenvalue weighted by molar-refractivity contribution is -0.137. The molecule has 122 valence electrons. The van der Waals surface area contributed by atoms with Gasteiger partial charge in [-0.2, -0.15) is 13.2 Å². The zero-order valence-electron chi connectivity index (χ0n) is 12.6. The van der Waals surface area contributed by atoms with Crippen molar-refractivity contribution >= 4 is 28.0 Å². The van der Waals surface area contributed by atoms with Gasteiger partial charge in [0.25, 0.3) is 0 Å². The number of pyridine rings is 1. The van der Waals surface area contributed by atoms with Crippen LogP contribution in [-0.2, 0) is 10.9 Å². The zero-order valence-corrected chi connectivity index (χ0v) is 13.4. The normalized spacial score (nSPS) is 11.5. The zero-order chi connectivity index (χ0) is 17.3. The number of benzene rings is 2. The summed E-state index contributed by atoms with van der Waals surface area (Å²) in [6, 6.07) is 13.4. The van der Waals surface area contributed by atoms with E-state index in [0.29, 0.717) is 10.9 Å². The molecule has 0 aliphatic rings. The number of hydrogen-bond donors (Lipinski definition) is 0. The van der Waals surface area contributed by atoms with E-state index >= 15 is 0 Å². The topological polar surface area (TPSA) is 22.1 Å². The molecule has 0 bridgehead atoms. The minimum Gasteiger partial charge on any atom is -0.486 e. The van der Waals surface area contributed by atoms with E-state index in [9.17, 15) is 13.2 Å². The Morgan fingerprint density at radius 2 is 1.79 bits per heavy atom. The van der Waals surface area contributed by atoms with Gasteiger partial charge in [-0.1, -0.05) is 42.5 Å². The molecule has 0 aliphatic heterocycles. The molecule has 0 unspecified atom stereocenters. The van der Waals surface area contributed by atoms with E-state index in [4.69, 9.17) is 17.0 Å². The Balaban J connectivity index is 2.29. The van der Waals surface area contributed by atoms with Crippen LogP contribution in [0.1, 0.15) is 11.1 Å². The highest BCUT2D eigenvalue weighted by atomic mass is 32.1. The van der Waals surface area contributed by atoms with Gasteiger partial charge in [-0.15, -0.1) is 0 Å². The van der Waals surface area contributed by atoms with Crippen LogP contribution in [0.5, 0.6) is 0 Å². The summed E-state index contributed by atoms with van der Waals surface area (Å²) in [6.07, 6.45) is -3.25. The van der Waals surface area contributed by atoms with Crippen molar-refractivity contribution in [3.63, 3.8) is 0 Å². The van der Waals surface area contributed by atoms with E-state index in [1.54, 1.807) is 24.3 Å². The number of hydrogen-bond acceptors (Lipinski definition) is 3. The average Bonchev–Trinajstić information content (AvgIpc) is 2.59. The number of fused-ring (bicyclic) bond motifs is 1. The Labute approximate surface area is 141 Å². The standard InChI is InChI=1S/C18H12F3NOS/c1-23-17(24)12-9-15(18(19,20)21)16(22-10-12)14-8-4-6-11-5-2-3-7-13(11)14/h2-10H,1H3. The van der Waals surface area contributed by atoms with Crippen LogP contribution in [0.15, 0.2) is 54.7 Å². The van der Waals surface area contributed by atoms with Crippen molar-refractivity contribution in [1.82, 2.24) is 4.98 Å². The maximum atomic E-state index is 13.6. The third kappa shape index (κ3) is 2.97. The molecular formula is C18H12F3NOS. The van der Waals surface area contributed by atoms with E-state index in [2.05, 4.69) is 4.98 Å². The Kier molecular flexibility index (Phi) is 4.24. The first-order chi connectivity index (χ1) is 11.4. The molecule has 0 N–H and O–H groups in total. The molecule has 0 radical (unpaired) electrons. The minimum absolute atomic E-state index is 0.0301. The van der Waals surface area contributed by atoms with Crippen LogP contribution < -0.4 is 0 Å². The average molecular weight is 347 g/mol. The van der Waals surface area contributed by atoms with Crippen molar-refractivity contribution in [3.8, 4) is 11.3 Å². The number of ether oxygens (including phenoxy) is 1. The maximum absolute atomic E-state index is 13.6. The fraction of sp³-hybridized carbons (Fsp3) is 0.111. The molecule has 0 saturated heterocycles. The van der Waals surface area contributed by atoms with Crippen LogP contribution in [0.2, 0.25) is 0 Å². The predicted octanol–water partition coefficient (Wildman–Crippen LogP) is 5.24. The van der Waals surface area contributed by atoms with Crippen LogP contribution in [-0.4, -0.2) is 17.1 Å². The maximum Gasteiger partial charge on any atom is 0.418 e. The molecule has 0 atom stereocenters. The quantitative estimate of drug-likeness (QED) is 0.592. The molecule has 0 spiro atoms. The number of alkyl halides is 3. The first kappa shape index (κ1) is 16.4. The van der Waals surface area contributed by atoms with Gasteiger partial charge in [-0.25, -0.2) is 0 Å². The summed E-state index contributed by atoms with van der Waals surface area (Å²) in [5.41, 5.74) is -0.406. The Hall–Kier alpha value is -2.47. The molecule has 2 nitrogen and oxygen atoms in total. The summed E-state index contributed by atoms with van der Waals surface area (Å²) in [5.74, 6) is 0. The predicted molar refractivity (Wildman–Crippen MR) is 90.9 cm³/mol. The van der Waals surface area contributed by atoms with Gasteiger partial charge in [-0.05, 0) is 29.1 Å². The molecule has 24 heavy (non-hydrogen) atoms. The third-order valence-corrected chi connectivity index (χ3v) is 4.06. The van der Waals surface area contributed by atoms with E-state index in [0.717, 1.165) is 11.5 Å². The van der Waals surface area contributed by atoms with Crippen LogP contribution >= 0.6 is 12.2 Å². The summed E-state index contributed by atoms with van der Waals surface area (Å²) in [5, 5.41) is 1.53. The summed E-state index contributed by atoms with van der Waals surface area (Å²) >= 11 is 4.91. The molecule has 0 fully saturated rings. The number of nitrogens with zero attached hydrogens (tertiary/aromatic N) is 1. The van der Waals surface area contributed by atoms with E-state index in [-0.39, 0.29) is 16.3 Å². The molecular weight excluding hydrogens is 335 g/mol. The molecule has 1 heterocycles. The molecule has 3 aromatic rings. The molecule has 3 rings (SSSR count). The van der Waals surface area contributed by atoms with Gasteiger partial charge in [-0.3, -0.25) is 4.98 Å². The molecule has 0 amide bonds. The summed E-state index contributed by atoms with van der Waals surface area (Å²) in [6.45, 7) is 0. The van der Waals surface area contributed by atoms with Gasteiger partial charge in [0.15, 0.2) is 5.05 Å². The molecule has 1 aromatic heterocycles. The number of methoxy groups -OCH3 is 1. The lowest BCUT2D eigenvalue weighted by Gasteiger charge is -2.15. The van der Waals surface area contributed by atoms with Gasteiger partial charge < -0.3 is 4.74 Å². The number of rotatable bonds is 2. The first-order valence-electron chi connectivity index (χ1n) is 7.05. The van der Waals surface area contributed by atoms with Gasteiger partial charge in [0, 0.05) is 17.3 Å². The van der Waals surface area contributed by atoms with E-state index in [1.807, 2.05) is 18.2 Å². The van der Waals surface area contributed by atoms with Gasteiger partial charge in [0.05, 0.1) is 18.4 Å². The van der Waals surface area contributed by atoms with Crippen molar-refractivity contribution < 1.29 is 17.9 Å². The van der Waals surface area contributed by atoms with Crippen molar-refractivity contribution in [2.24, 2.45) is 0 Å². The van der Waals surface area contributed by atoms with Crippen LogP contribution in [0.25, 0.3) is 22.0 Å².